The minimum absolute atomic E-state index is 0.122. The van der Waals surface area contributed by atoms with Crippen LogP contribution in [0.4, 0.5) is 0 Å². The Labute approximate surface area is 159 Å². The van der Waals surface area contributed by atoms with Crippen molar-refractivity contribution in [1.29, 1.82) is 0 Å². The molecule has 5 heteroatoms. The van der Waals surface area contributed by atoms with Gasteiger partial charge in [-0.05, 0) is 66.8 Å². The maximum atomic E-state index is 12.2. The zero-order valence-electron chi connectivity index (χ0n) is 15.8. The molecular weight excluding hydrogens is 342 g/mol. The van der Waals surface area contributed by atoms with E-state index in [0.29, 0.717) is 0 Å². The van der Waals surface area contributed by atoms with E-state index >= 15 is 0 Å². The molecule has 0 N–H and O–H groups in total. The second kappa shape index (κ2) is 8.71. The highest BCUT2D eigenvalue weighted by Crippen LogP contribution is 2.22. The Morgan fingerprint density at radius 3 is 2.70 bits per heavy atom. The van der Waals surface area contributed by atoms with E-state index < -0.39 is 5.97 Å². The number of nitrogens with zero attached hydrogens (tertiary/aromatic N) is 1. The molecule has 1 saturated heterocycles. The second-order valence-electron chi connectivity index (χ2n) is 6.85. The molecule has 2 aromatic rings. The first-order chi connectivity index (χ1) is 13.1. The van der Waals surface area contributed by atoms with E-state index in [9.17, 15) is 9.59 Å². The van der Waals surface area contributed by atoms with Crippen LogP contribution in [0.15, 0.2) is 42.5 Å². The molecule has 0 bridgehead atoms. The van der Waals surface area contributed by atoms with Crippen molar-refractivity contribution in [2.24, 2.45) is 0 Å². The molecule has 0 spiro atoms. The number of carbonyl (C=O) groups excluding carboxylic acids is 2. The molecule has 5 nitrogen and oxygen atoms in total. The van der Waals surface area contributed by atoms with Crippen molar-refractivity contribution in [3.05, 3.63) is 48.0 Å². The predicted molar refractivity (Wildman–Crippen MR) is 106 cm³/mol. The summed E-state index contributed by atoms with van der Waals surface area (Å²) in [6, 6.07) is 11.9. The molecule has 142 valence electrons. The van der Waals surface area contributed by atoms with Gasteiger partial charge in [-0.15, -0.1) is 0 Å². The summed E-state index contributed by atoms with van der Waals surface area (Å²) in [5, 5.41) is 2.12. The van der Waals surface area contributed by atoms with Gasteiger partial charge in [0, 0.05) is 18.7 Å². The molecule has 1 heterocycles. The number of fused-ring (bicyclic) bond motifs is 1. The predicted octanol–water partition coefficient (Wildman–Crippen LogP) is 3.81. The number of hydrogen-bond acceptors (Lipinski definition) is 4. The quantitative estimate of drug-likeness (QED) is 0.596. The average Bonchev–Trinajstić information content (AvgIpc) is 2.70. The number of benzene rings is 2. The molecule has 27 heavy (non-hydrogen) atoms. The van der Waals surface area contributed by atoms with Crippen molar-refractivity contribution >= 4 is 28.7 Å². The molecule has 0 unspecified atom stereocenters. The van der Waals surface area contributed by atoms with Crippen LogP contribution in [0.3, 0.4) is 0 Å². The molecule has 1 amide bonds. The number of piperidine rings is 1. The maximum Gasteiger partial charge on any atom is 0.331 e. The fourth-order valence-corrected chi connectivity index (χ4v) is 3.37. The molecule has 1 aliphatic rings. The second-order valence-corrected chi connectivity index (χ2v) is 6.85. The largest absolute Gasteiger partial charge is 0.497 e. The fraction of sp³-hybridized carbons (Fsp3) is 0.364. The summed E-state index contributed by atoms with van der Waals surface area (Å²) in [6.45, 7) is 2.58. The van der Waals surface area contributed by atoms with Crippen LogP contribution in [0.2, 0.25) is 0 Å². The standard InChI is InChI=1S/C22H25NO4/c1-16-5-3-4-12-23(16)21(24)15-27-22(25)11-7-17-6-8-19-14-20(26-2)10-9-18(19)13-17/h6-11,13-14,16H,3-5,12,15H2,1-2H3/b11-7+/t16-/m1/s1. The van der Waals surface area contributed by atoms with Gasteiger partial charge in [0.05, 0.1) is 7.11 Å². The van der Waals surface area contributed by atoms with Crippen molar-refractivity contribution in [3.8, 4) is 5.75 Å². The van der Waals surface area contributed by atoms with Gasteiger partial charge in [0.25, 0.3) is 5.91 Å². The van der Waals surface area contributed by atoms with E-state index in [1.807, 2.05) is 43.3 Å². The van der Waals surface area contributed by atoms with Gasteiger partial charge in [0.1, 0.15) is 5.75 Å². The van der Waals surface area contributed by atoms with E-state index in [0.717, 1.165) is 47.9 Å². The lowest BCUT2D eigenvalue weighted by Crippen LogP contribution is -2.44. The summed E-state index contributed by atoms with van der Waals surface area (Å²) in [5.74, 6) is 0.175. The molecule has 0 aromatic heterocycles. The number of esters is 1. The SMILES string of the molecule is COc1ccc2cc(/C=C/C(=O)OCC(=O)N3CCCC[C@H]3C)ccc2c1. The van der Waals surface area contributed by atoms with E-state index in [1.165, 1.54) is 6.08 Å². The van der Waals surface area contributed by atoms with Crippen molar-refractivity contribution < 1.29 is 19.1 Å². The summed E-state index contributed by atoms with van der Waals surface area (Å²) in [4.78, 5) is 25.9. The maximum absolute atomic E-state index is 12.2. The Hall–Kier alpha value is -2.82. The third-order valence-electron chi connectivity index (χ3n) is 4.94. The van der Waals surface area contributed by atoms with Crippen molar-refractivity contribution in [3.63, 3.8) is 0 Å². The molecule has 2 aromatic carbocycles. The van der Waals surface area contributed by atoms with Crippen molar-refractivity contribution in [2.75, 3.05) is 20.3 Å². The zero-order chi connectivity index (χ0) is 19.2. The first-order valence-corrected chi connectivity index (χ1v) is 9.29. The number of likely N-dealkylation sites (tertiary alicyclic amines) is 1. The summed E-state index contributed by atoms with van der Waals surface area (Å²) in [6.07, 6.45) is 6.22. The Morgan fingerprint density at radius 2 is 1.93 bits per heavy atom. The van der Waals surface area contributed by atoms with Crippen LogP contribution in [0.5, 0.6) is 5.75 Å². The van der Waals surface area contributed by atoms with Gasteiger partial charge >= 0.3 is 5.97 Å². The van der Waals surface area contributed by atoms with Crippen LogP contribution >= 0.6 is 0 Å². The van der Waals surface area contributed by atoms with Gasteiger partial charge in [0.15, 0.2) is 6.61 Å². The normalized spacial score (nSPS) is 17.3. The Morgan fingerprint density at radius 1 is 1.15 bits per heavy atom. The summed E-state index contributed by atoms with van der Waals surface area (Å²) in [7, 11) is 1.64. The van der Waals surface area contributed by atoms with Crippen LogP contribution in [0, 0.1) is 0 Å². The van der Waals surface area contributed by atoms with Gasteiger partial charge in [-0.25, -0.2) is 4.79 Å². The summed E-state index contributed by atoms with van der Waals surface area (Å²) >= 11 is 0. The van der Waals surface area contributed by atoms with Gasteiger partial charge < -0.3 is 14.4 Å². The fourth-order valence-electron chi connectivity index (χ4n) is 3.37. The topological polar surface area (TPSA) is 55.8 Å². The molecule has 0 aliphatic carbocycles. The number of amides is 1. The average molecular weight is 367 g/mol. The Bertz CT molecular complexity index is 859. The van der Waals surface area contributed by atoms with Gasteiger partial charge in [-0.2, -0.15) is 0 Å². The molecule has 1 fully saturated rings. The van der Waals surface area contributed by atoms with Gasteiger partial charge in [-0.3, -0.25) is 4.79 Å². The third kappa shape index (κ3) is 4.88. The highest BCUT2D eigenvalue weighted by Gasteiger charge is 2.23. The smallest absolute Gasteiger partial charge is 0.331 e. The highest BCUT2D eigenvalue weighted by molar-refractivity contribution is 5.91. The Balaban J connectivity index is 1.56. The van der Waals surface area contributed by atoms with Gasteiger partial charge in [0.2, 0.25) is 0 Å². The lowest BCUT2D eigenvalue weighted by Gasteiger charge is -2.33. The summed E-state index contributed by atoms with van der Waals surface area (Å²) < 4.78 is 10.3. The minimum atomic E-state index is -0.511. The molecule has 1 aliphatic heterocycles. The third-order valence-corrected chi connectivity index (χ3v) is 4.94. The lowest BCUT2D eigenvalue weighted by molar-refractivity contribution is -0.149. The first-order valence-electron chi connectivity index (χ1n) is 9.29. The van der Waals surface area contributed by atoms with Gasteiger partial charge in [-0.1, -0.05) is 18.2 Å². The summed E-state index contributed by atoms with van der Waals surface area (Å²) in [5.41, 5.74) is 0.889. The highest BCUT2D eigenvalue weighted by atomic mass is 16.5. The van der Waals surface area contributed by atoms with Crippen LogP contribution < -0.4 is 4.74 Å². The first kappa shape index (κ1) is 19.0. The number of ether oxygens (including phenoxy) is 2. The molecule has 3 rings (SSSR count). The van der Waals surface area contributed by atoms with E-state index in [-0.39, 0.29) is 18.6 Å². The van der Waals surface area contributed by atoms with Crippen molar-refractivity contribution in [2.45, 2.75) is 32.2 Å². The lowest BCUT2D eigenvalue weighted by atomic mass is 10.0. The van der Waals surface area contributed by atoms with E-state index in [1.54, 1.807) is 18.1 Å². The van der Waals surface area contributed by atoms with Crippen LogP contribution in [0.1, 0.15) is 31.7 Å². The minimum Gasteiger partial charge on any atom is -0.497 e. The van der Waals surface area contributed by atoms with E-state index in [4.69, 9.17) is 9.47 Å². The number of hydrogen-bond donors (Lipinski definition) is 0. The number of rotatable bonds is 5. The van der Waals surface area contributed by atoms with Crippen molar-refractivity contribution in [1.82, 2.24) is 4.90 Å². The van der Waals surface area contributed by atoms with E-state index in [2.05, 4.69) is 0 Å². The molecule has 0 saturated carbocycles. The Kier molecular flexibility index (Phi) is 6.12. The molecular formula is C22H25NO4. The number of methoxy groups -OCH3 is 1. The molecule has 1 atom stereocenters. The van der Waals surface area contributed by atoms with Crippen LogP contribution in [0.25, 0.3) is 16.8 Å². The zero-order valence-corrected chi connectivity index (χ0v) is 15.8. The van der Waals surface area contributed by atoms with Crippen LogP contribution in [-0.2, 0) is 14.3 Å². The van der Waals surface area contributed by atoms with Crippen LogP contribution in [-0.4, -0.2) is 43.1 Å². The monoisotopic (exact) mass is 367 g/mol. The molecule has 0 radical (unpaired) electrons. The number of carbonyl (C=O) groups is 2.